The number of fused-ring (bicyclic) bond motifs is 1. The average molecular weight is 363 g/mol. The molecule has 26 heavy (non-hydrogen) atoms. The number of likely N-dealkylation sites (tertiary alicyclic amines) is 1. The normalized spacial score (nSPS) is 21.8. The highest BCUT2D eigenvalue weighted by Crippen LogP contribution is 2.31. The van der Waals surface area contributed by atoms with Crippen molar-refractivity contribution in [2.24, 2.45) is 5.92 Å². The van der Waals surface area contributed by atoms with Crippen molar-refractivity contribution in [3.63, 3.8) is 0 Å². The molecule has 6 nitrogen and oxygen atoms in total. The number of aromatic nitrogens is 4. The lowest BCUT2D eigenvalue weighted by Gasteiger charge is -2.33. The topological polar surface area (TPSA) is 63.4 Å². The lowest BCUT2D eigenvalue weighted by Crippen LogP contribution is -2.40. The molecule has 1 saturated carbocycles. The third-order valence-corrected chi connectivity index (χ3v) is 5.65. The number of alkyl halides is 2. The van der Waals surface area contributed by atoms with E-state index in [0.29, 0.717) is 24.6 Å². The summed E-state index contributed by atoms with van der Waals surface area (Å²) in [5.41, 5.74) is 0.385. The molecule has 4 rings (SSSR count). The fourth-order valence-electron chi connectivity index (χ4n) is 4.25. The summed E-state index contributed by atoms with van der Waals surface area (Å²) >= 11 is 0. The van der Waals surface area contributed by atoms with E-state index in [0.717, 1.165) is 36.7 Å². The minimum Gasteiger partial charge on any atom is -0.342 e. The van der Waals surface area contributed by atoms with E-state index >= 15 is 0 Å². The predicted octanol–water partition coefficient (Wildman–Crippen LogP) is 3.35. The van der Waals surface area contributed by atoms with Gasteiger partial charge >= 0.3 is 0 Å². The summed E-state index contributed by atoms with van der Waals surface area (Å²) in [6.07, 6.45) is 5.64. The zero-order chi connectivity index (χ0) is 18.1. The van der Waals surface area contributed by atoms with Crippen molar-refractivity contribution in [3.05, 3.63) is 23.8 Å². The van der Waals surface area contributed by atoms with Crippen molar-refractivity contribution >= 4 is 11.7 Å². The fourth-order valence-corrected chi connectivity index (χ4v) is 4.25. The van der Waals surface area contributed by atoms with E-state index in [-0.39, 0.29) is 23.3 Å². The molecule has 1 aliphatic carbocycles. The average Bonchev–Trinajstić information content (AvgIpc) is 3.32. The van der Waals surface area contributed by atoms with E-state index in [4.69, 9.17) is 0 Å². The Morgan fingerprint density at radius 3 is 2.81 bits per heavy atom. The summed E-state index contributed by atoms with van der Waals surface area (Å²) in [4.78, 5) is 22.9. The highest BCUT2D eigenvalue weighted by atomic mass is 19.3. The number of nitrogens with zero attached hydrogens (tertiary/aromatic N) is 5. The van der Waals surface area contributed by atoms with Crippen LogP contribution in [0.25, 0.3) is 5.78 Å². The molecule has 2 aliphatic rings. The van der Waals surface area contributed by atoms with Crippen LogP contribution in [0, 0.1) is 5.92 Å². The van der Waals surface area contributed by atoms with Gasteiger partial charge in [0.25, 0.3) is 12.2 Å². The molecule has 3 heterocycles. The van der Waals surface area contributed by atoms with Crippen molar-refractivity contribution in [2.75, 3.05) is 13.1 Å². The number of carbonyl (C=O) groups is 1. The van der Waals surface area contributed by atoms with Gasteiger partial charge in [0.15, 0.2) is 0 Å². The fraction of sp³-hybridized carbons (Fsp3) is 0.667. The molecule has 2 aromatic rings. The van der Waals surface area contributed by atoms with E-state index in [9.17, 15) is 13.6 Å². The van der Waals surface area contributed by atoms with E-state index in [1.54, 1.807) is 0 Å². The van der Waals surface area contributed by atoms with Gasteiger partial charge < -0.3 is 4.90 Å². The third-order valence-electron chi connectivity index (χ3n) is 5.65. The number of hydrogen-bond donors (Lipinski definition) is 0. The van der Waals surface area contributed by atoms with Crippen LogP contribution in [0.1, 0.15) is 68.7 Å². The first-order valence-electron chi connectivity index (χ1n) is 9.38. The Bertz CT molecular complexity index is 787. The summed E-state index contributed by atoms with van der Waals surface area (Å²) in [5, 5.41) is 3.83. The molecule has 0 spiro atoms. The first-order valence-corrected chi connectivity index (χ1v) is 9.38. The molecule has 2 aromatic heterocycles. The zero-order valence-electron chi connectivity index (χ0n) is 14.7. The molecule has 0 N–H and O–H groups in total. The summed E-state index contributed by atoms with van der Waals surface area (Å²) in [5.74, 6) is 0.862. The van der Waals surface area contributed by atoms with Gasteiger partial charge in [0.05, 0.1) is 5.69 Å². The van der Waals surface area contributed by atoms with Gasteiger partial charge in [0.1, 0.15) is 12.0 Å². The SMILES string of the molecule is O=C(CC1CCCC1)N1CCC[C@H](c2cc(C(F)F)n3ncnc3n2)C1. The van der Waals surface area contributed by atoms with Gasteiger partial charge in [-0.15, -0.1) is 0 Å². The second-order valence-corrected chi connectivity index (χ2v) is 7.41. The highest BCUT2D eigenvalue weighted by molar-refractivity contribution is 5.76. The summed E-state index contributed by atoms with van der Waals surface area (Å²) < 4.78 is 27.8. The molecule has 0 radical (unpaired) electrons. The van der Waals surface area contributed by atoms with Crippen LogP contribution in [0.4, 0.5) is 8.78 Å². The lowest BCUT2D eigenvalue weighted by molar-refractivity contribution is -0.133. The number of rotatable bonds is 4. The highest BCUT2D eigenvalue weighted by Gasteiger charge is 2.29. The smallest absolute Gasteiger partial charge is 0.280 e. The Hall–Kier alpha value is -2.12. The van der Waals surface area contributed by atoms with E-state index in [1.807, 2.05) is 4.90 Å². The number of hydrogen-bond acceptors (Lipinski definition) is 4. The van der Waals surface area contributed by atoms with E-state index in [1.165, 1.54) is 25.2 Å². The molecular weight excluding hydrogens is 340 g/mol. The maximum Gasteiger partial charge on any atom is 0.280 e. The van der Waals surface area contributed by atoms with Crippen LogP contribution < -0.4 is 0 Å². The van der Waals surface area contributed by atoms with Crippen molar-refractivity contribution in [2.45, 2.75) is 57.3 Å². The molecule has 1 amide bonds. The Kier molecular flexibility index (Phi) is 4.82. The van der Waals surface area contributed by atoms with Gasteiger partial charge in [-0.3, -0.25) is 4.79 Å². The molecule has 8 heteroatoms. The molecule has 0 unspecified atom stereocenters. The van der Waals surface area contributed by atoms with Crippen molar-refractivity contribution in [3.8, 4) is 0 Å². The molecule has 0 aromatic carbocycles. The van der Waals surface area contributed by atoms with E-state index in [2.05, 4.69) is 15.1 Å². The van der Waals surface area contributed by atoms with Crippen LogP contribution in [0.2, 0.25) is 0 Å². The van der Waals surface area contributed by atoms with Gasteiger partial charge in [-0.1, -0.05) is 12.8 Å². The number of carbonyl (C=O) groups excluding carboxylic acids is 1. The van der Waals surface area contributed by atoms with Gasteiger partial charge in [0, 0.05) is 25.4 Å². The van der Waals surface area contributed by atoms with Gasteiger partial charge in [0.2, 0.25) is 5.91 Å². The lowest BCUT2D eigenvalue weighted by atomic mass is 9.93. The van der Waals surface area contributed by atoms with Crippen LogP contribution in [-0.2, 0) is 4.79 Å². The predicted molar refractivity (Wildman–Crippen MR) is 90.9 cm³/mol. The minimum absolute atomic E-state index is 0.0320. The second-order valence-electron chi connectivity index (χ2n) is 7.41. The summed E-state index contributed by atoms with van der Waals surface area (Å²) in [6, 6.07) is 1.42. The molecular formula is C18H23F2N5O. The van der Waals surface area contributed by atoms with Crippen LogP contribution >= 0.6 is 0 Å². The summed E-state index contributed by atoms with van der Waals surface area (Å²) in [7, 11) is 0. The van der Waals surface area contributed by atoms with Crippen LogP contribution in [0.3, 0.4) is 0 Å². The first kappa shape index (κ1) is 17.3. The standard InChI is InChI=1S/C18H23F2N5O/c19-17(20)15-9-14(23-18-21-11-22-25(15)18)13-6-3-7-24(10-13)16(26)8-12-4-1-2-5-12/h9,11-13,17H,1-8,10H2/t13-/m0/s1. The Balaban J connectivity index is 1.52. The van der Waals surface area contributed by atoms with Gasteiger partial charge in [-0.2, -0.15) is 14.6 Å². The van der Waals surface area contributed by atoms with Crippen LogP contribution in [0.15, 0.2) is 12.4 Å². The molecule has 0 bridgehead atoms. The first-order chi connectivity index (χ1) is 12.6. The van der Waals surface area contributed by atoms with Crippen LogP contribution in [0.5, 0.6) is 0 Å². The van der Waals surface area contributed by atoms with Crippen molar-refractivity contribution in [1.82, 2.24) is 24.5 Å². The largest absolute Gasteiger partial charge is 0.342 e. The number of amides is 1. The Morgan fingerprint density at radius 1 is 1.23 bits per heavy atom. The number of halogens is 2. The summed E-state index contributed by atoms with van der Waals surface area (Å²) in [6.45, 7) is 1.29. The molecule has 1 atom stereocenters. The zero-order valence-corrected chi connectivity index (χ0v) is 14.7. The van der Waals surface area contributed by atoms with Gasteiger partial charge in [-0.05, 0) is 37.7 Å². The maximum atomic E-state index is 13.4. The molecule has 140 valence electrons. The van der Waals surface area contributed by atoms with Gasteiger partial charge in [-0.25, -0.2) is 13.8 Å². The monoisotopic (exact) mass is 363 g/mol. The Labute approximate surface area is 150 Å². The van der Waals surface area contributed by atoms with E-state index < -0.39 is 6.43 Å². The molecule has 1 aliphatic heterocycles. The van der Waals surface area contributed by atoms with Crippen LogP contribution in [-0.4, -0.2) is 43.5 Å². The molecule has 2 fully saturated rings. The third kappa shape index (κ3) is 3.41. The second kappa shape index (κ2) is 7.25. The quantitative estimate of drug-likeness (QED) is 0.836. The maximum absolute atomic E-state index is 13.4. The van der Waals surface area contributed by atoms with Crippen molar-refractivity contribution in [1.29, 1.82) is 0 Å². The number of piperidine rings is 1. The molecule has 1 saturated heterocycles. The van der Waals surface area contributed by atoms with Crippen molar-refractivity contribution < 1.29 is 13.6 Å². The Morgan fingerprint density at radius 2 is 2.04 bits per heavy atom. The minimum atomic E-state index is -2.65.